The van der Waals surface area contributed by atoms with E-state index in [0.29, 0.717) is 17.3 Å². The summed E-state index contributed by atoms with van der Waals surface area (Å²) < 4.78 is 14.1. The molecule has 0 saturated heterocycles. The van der Waals surface area contributed by atoms with Gasteiger partial charge in [-0.15, -0.1) is 0 Å². The Kier molecular flexibility index (Phi) is 4.96. The summed E-state index contributed by atoms with van der Waals surface area (Å²) in [4.78, 5) is 0. The molecule has 2 aromatic carbocycles. The van der Waals surface area contributed by atoms with Crippen LogP contribution in [0.5, 0.6) is 0 Å². The summed E-state index contributed by atoms with van der Waals surface area (Å²) in [5.74, 6) is -0.608. The maximum atomic E-state index is 13.3. The number of halogens is 5. The Hall–Kier alpha value is -0.480. The molecule has 0 aliphatic carbocycles. The van der Waals surface area contributed by atoms with Crippen molar-refractivity contribution >= 4 is 56.4 Å². The topological polar surface area (TPSA) is 12.0 Å². The third-order valence-electron chi connectivity index (χ3n) is 2.46. The zero-order chi connectivity index (χ0) is 14.0. The molecule has 2 aromatic rings. The average molecular weight is 383 g/mol. The fourth-order valence-electron chi connectivity index (χ4n) is 1.51. The number of hydrogen-bond donors (Lipinski definition) is 1. The van der Waals surface area contributed by atoms with Gasteiger partial charge in [0.2, 0.25) is 0 Å². The maximum absolute atomic E-state index is 13.3. The molecule has 0 bridgehead atoms. The summed E-state index contributed by atoms with van der Waals surface area (Å²) in [7, 11) is 0. The van der Waals surface area contributed by atoms with E-state index in [0.717, 1.165) is 10.0 Å². The summed E-state index contributed by atoms with van der Waals surface area (Å²) >= 11 is 20.7. The van der Waals surface area contributed by atoms with Crippen molar-refractivity contribution in [3.63, 3.8) is 0 Å². The van der Waals surface area contributed by atoms with Crippen molar-refractivity contribution in [2.24, 2.45) is 0 Å². The monoisotopic (exact) mass is 381 g/mol. The maximum Gasteiger partial charge on any atom is 0.160 e. The van der Waals surface area contributed by atoms with Crippen molar-refractivity contribution in [2.45, 2.75) is 6.54 Å². The van der Waals surface area contributed by atoms with Crippen molar-refractivity contribution in [3.05, 3.63) is 61.3 Å². The normalized spacial score (nSPS) is 10.6. The van der Waals surface area contributed by atoms with E-state index in [4.69, 9.17) is 34.8 Å². The Morgan fingerprint density at radius 2 is 1.63 bits per heavy atom. The van der Waals surface area contributed by atoms with Gasteiger partial charge in [0.25, 0.3) is 0 Å². The Morgan fingerprint density at radius 1 is 1.00 bits per heavy atom. The van der Waals surface area contributed by atoms with E-state index in [9.17, 15) is 4.39 Å². The van der Waals surface area contributed by atoms with Gasteiger partial charge in [0.15, 0.2) is 5.82 Å². The molecule has 19 heavy (non-hydrogen) atoms. The average Bonchev–Trinajstić information content (AvgIpc) is 2.37. The molecular weight excluding hydrogens is 375 g/mol. The van der Waals surface area contributed by atoms with Gasteiger partial charge in [-0.05, 0) is 45.8 Å². The molecule has 0 radical (unpaired) electrons. The fourth-order valence-corrected chi connectivity index (χ4v) is 2.54. The molecule has 0 saturated carbocycles. The number of rotatable bonds is 3. The summed E-state index contributed by atoms with van der Waals surface area (Å²) in [5.41, 5.74) is 1.68. The summed E-state index contributed by atoms with van der Waals surface area (Å²) in [6.07, 6.45) is 0. The molecule has 1 nitrogen and oxygen atoms in total. The first-order valence-corrected chi connectivity index (χ1v) is 7.22. The first-order valence-electron chi connectivity index (χ1n) is 5.29. The molecule has 0 amide bonds. The summed E-state index contributed by atoms with van der Waals surface area (Å²) in [5, 5.41) is 3.75. The first-order chi connectivity index (χ1) is 8.97. The van der Waals surface area contributed by atoms with Crippen LogP contribution in [0.2, 0.25) is 15.1 Å². The highest BCUT2D eigenvalue weighted by Gasteiger charge is 2.07. The standard InChI is InChI=1S/C13H8BrCl3FN/c14-9-3-7(1-2-10(9)15)6-19-8-4-11(16)13(18)12(17)5-8/h1-5,19H,6H2. The number of nitrogens with one attached hydrogen (secondary N) is 1. The van der Waals surface area contributed by atoms with Crippen molar-refractivity contribution in [3.8, 4) is 0 Å². The Labute approximate surface area is 133 Å². The van der Waals surface area contributed by atoms with Crippen LogP contribution in [0.25, 0.3) is 0 Å². The van der Waals surface area contributed by atoms with Crippen molar-refractivity contribution in [2.75, 3.05) is 5.32 Å². The third-order valence-corrected chi connectivity index (χ3v) is 4.23. The minimum absolute atomic E-state index is 0.00714. The molecule has 0 aliphatic rings. The van der Waals surface area contributed by atoms with Crippen molar-refractivity contribution < 1.29 is 4.39 Å². The quantitative estimate of drug-likeness (QED) is 0.626. The van der Waals surface area contributed by atoms with Gasteiger partial charge in [-0.1, -0.05) is 40.9 Å². The Bertz CT molecular complexity index is 596. The molecule has 6 heteroatoms. The molecule has 0 heterocycles. The van der Waals surface area contributed by atoms with E-state index in [1.807, 2.05) is 12.1 Å². The van der Waals surface area contributed by atoms with E-state index in [2.05, 4.69) is 21.2 Å². The van der Waals surface area contributed by atoms with Crippen LogP contribution in [-0.4, -0.2) is 0 Å². The second kappa shape index (κ2) is 6.31. The predicted molar refractivity (Wildman–Crippen MR) is 82.9 cm³/mol. The predicted octanol–water partition coefficient (Wildman–Crippen LogP) is 6.16. The zero-order valence-electron chi connectivity index (χ0n) is 9.48. The number of anilines is 1. The van der Waals surface area contributed by atoms with E-state index in [1.165, 1.54) is 12.1 Å². The number of benzene rings is 2. The van der Waals surface area contributed by atoms with Crippen LogP contribution in [0.3, 0.4) is 0 Å². The molecule has 0 spiro atoms. The highest BCUT2D eigenvalue weighted by atomic mass is 79.9. The summed E-state index contributed by atoms with van der Waals surface area (Å²) in [6, 6.07) is 8.59. The van der Waals surface area contributed by atoms with E-state index >= 15 is 0 Å². The Morgan fingerprint density at radius 3 is 2.21 bits per heavy atom. The van der Waals surface area contributed by atoms with Crippen LogP contribution in [0, 0.1) is 5.82 Å². The van der Waals surface area contributed by atoms with Crippen LogP contribution in [0.15, 0.2) is 34.8 Å². The molecule has 100 valence electrons. The second-order valence-corrected chi connectivity index (χ2v) is 5.93. The van der Waals surface area contributed by atoms with Crippen molar-refractivity contribution in [1.29, 1.82) is 0 Å². The molecule has 0 atom stereocenters. The van der Waals surface area contributed by atoms with Gasteiger partial charge in [-0.3, -0.25) is 0 Å². The van der Waals surface area contributed by atoms with Crippen LogP contribution in [0.1, 0.15) is 5.56 Å². The Balaban J connectivity index is 2.12. The number of hydrogen-bond acceptors (Lipinski definition) is 1. The largest absolute Gasteiger partial charge is 0.381 e. The molecule has 1 N–H and O–H groups in total. The molecule has 0 aromatic heterocycles. The van der Waals surface area contributed by atoms with Crippen LogP contribution < -0.4 is 5.32 Å². The molecule has 0 aliphatic heterocycles. The van der Waals surface area contributed by atoms with Crippen LogP contribution >= 0.6 is 50.7 Å². The third kappa shape index (κ3) is 3.76. The highest BCUT2D eigenvalue weighted by molar-refractivity contribution is 9.10. The minimum atomic E-state index is -0.608. The second-order valence-electron chi connectivity index (χ2n) is 3.86. The zero-order valence-corrected chi connectivity index (χ0v) is 13.3. The lowest BCUT2D eigenvalue weighted by Crippen LogP contribution is -2.00. The minimum Gasteiger partial charge on any atom is -0.381 e. The smallest absolute Gasteiger partial charge is 0.160 e. The lowest BCUT2D eigenvalue weighted by atomic mass is 10.2. The van der Waals surface area contributed by atoms with Crippen LogP contribution in [-0.2, 0) is 6.54 Å². The molecule has 0 fully saturated rings. The molecule has 0 unspecified atom stereocenters. The summed E-state index contributed by atoms with van der Waals surface area (Å²) in [6.45, 7) is 0.550. The van der Waals surface area contributed by atoms with E-state index in [-0.39, 0.29) is 10.0 Å². The van der Waals surface area contributed by atoms with Gasteiger partial charge in [-0.25, -0.2) is 4.39 Å². The van der Waals surface area contributed by atoms with Gasteiger partial charge in [0.1, 0.15) is 0 Å². The van der Waals surface area contributed by atoms with E-state index in [1.54, 1.807) is 6.07 Å². The van der Waals surface area contributed by atoms with Gasteiger partial charge in [-0.2, -0.15) is 0 Å². The highest BCUT2D eigenvalue weighted by Crippen LogP contribution is 2.28. The lowest BCUT2D eigenvalue weighted by Gasteiger charge is -2.09. The van der Waals surface area contributed by atoms with Crippen LogP contribution in [0.4, 0.5) is 10.1 Å². The van der Waals surface area contributed by atoms with Gasteiger partial charge in [0.05, 0.1) is 15.1 Å². The van der Waals surface area contributed by atoms with Gasteiger partial charge < -0.3 is 5.32 Å². The molecular formula is C13H8BrCl3FN. The lowest BCUT2D eigenvalue weighted by molar-refractivity contribution is 0.629. The van der Waals surface area contributed by atoms with Crippen molar-refractivity contribution in [1.82, 2.24) is 0 Å². The first kappa shape index (κ1) is 14.9. The fraction of sp³-hybridized carbons (Fsp3) is 0.0769. The molecule has 2 rings (SSSR count). The SMILES string of the molecule is Fc1c(Cl)cc(NCc2ccc(Cl)c(Br)c2)cc1Cl. The van der Waals surface area contributed by atoms with E-state index < -0.39 is 5.82 Å². The van der Waals surface area contributed by atoms with Gasteiger partial charge >= 0.3 is 0 Å². The van der Waals surface area contributed by atoms with Gasteiger partial charge in [0, 0.05) is 16.7 Å².